The summed E-state index contributed by atoms with van der Waals surface area (Å²) >= 11 is 0. The summed E-state index contributed by atoms with van der Waals surface area (Å²) in [4.78, 5) is 4.63. The van der Waals surface area contributed by atoms with Crippen molar-refractivity contribution in [3.63, 3.8) is 0 Å². The lowest BCUT2D eigenvalue weighted by Gasteiger charge is -2.00. The molecule has 3 heteroatoms. The molecule has 1 heterocycles. The molecule has 2 aromatic rings. The largest absolute Gasteiger partial charge is 0.358 e. The van der Waals surface area contributed by atoms with Crippen LogP contribution in [0.5, 0.6) is 0 Å². The van der Waals surface area contributed by atoms with E-state index < -0.39 is 0 Å². The maximum absolute atomic E-state index is 4.63. The van der Waals surface area contributed by atoms with E-state index in [1.54, 1.807) is 0 Å². The van der Waals surface area contributed by atoms with Gasteiger partial charge < -0.3 is 10.3 Å². The number of aromatic nitrogens is 2. The van der Waals surface area contributed by atoms with Gasteiger partial charge in [-0.1, -0.05) is 12.1 Å². The van der Waals surface area contributed by atoms with Crippen LogP contribution in [0.2, 0.25) is 0 Å². The van der Waals surface area contributed by atoms with Gasteiger partial charge in [-0.25, -0.2) is 4.98 Å². The maximum atomic E-state index is 4.63. The highest BCUT2D eigenvalue weighted by Gasteiger charge is 2.05. The number of nitrogens with zero attached hydrogens (tertiary/aromatic N) is 2. The fourth-order valence-corrected chi connectivity index (χ4v) is 1.88. The van der Waals surface area contributed by atoms with Crippen molar-refractivity contribution >= 4 is 11.0 Å². The van der Waals surface area contributed by atoms with E-state index in [9.17, 15) is 0 Å². The van der Waals surface area contributed by atoms with E-state index in [4.69, 9.17) is 0 Å². The van der Waals surface area contributed by atoms with E-state index in [2.05, 4.69) is 40.5 Å². The van der Waals surface area contributed by atoms with Crippen molar-refractivity contribution in [1.82, 2.24) is 9.55 Å². The Kier molecular flexibility index (Phi) is 3.02. The Morgan fingerprint density at radius 2 is 2.07 bits per heavy atom. The van der Waals surface area contributed by atoms with Gasteiger partial charge >= 0.3 is 0 Å². The van der Waals surface area contributed by atoms with Gasteiger partial charge in [-0.05, 0) is 25.0 Å². The molecule has 0 amide bonds. The standard InChI is InChI=1S/C12H17N3/c1-15-11-7-3-2-6-10(11)14-12(15)8-4-5-9-13/h2-3,6-7H,4-5,8-9,13H2,1H3/p+1. The zero-order valence-corrected chi connectivity index (χ0v) is 9.24. The molecule has 0 atom stereocenters. The first kappa shape index (κ1) is 10.2. The smallest absolute Gasteiger partial charge is 0.109 e. The van der Waals surface area contributed by atoms with Crippen LogP contribution in [0.4, 0.5) is 0 Å². The molecule has 3 N–H and O–H groups in total. The topological polar surface area (TPSA) is 45.5 Å². The summed E-state index contributed by atoms with van der Waals surface area (Å²) in [7, 11) is 2.09. The highest BCUT2D eigenvalue weighted by atomic mass is 15.1. The van der Waals surface area contributed by atoms with Crippen LogP contribution in [-0.2, 0) is 13.5 Å². The van der Waals surface area contributed by atoms with Gasteiger partial charge in [0, 0.05) is 13.5 Å². The van der Waals surface area contributed by atoms with Crippen LogP contribution >= 0.6 is 0 Å². The lowest BCUT2D eigenvalue weighted by molar-refractivity contribution is -0.368. The minimum atomic E-state index is 1.02. The third-order valence-corrected chi connectivity index (χ3v) is 2.78. The average Bonchev–Trinajstić information content (AvgIpc) is 2.57. The third kappa shape index (κ3) is 2.02. The Hall–Kier alpha value is -1.35. The number of para-hydroxylation sites is 2. The number of benzene rings is 1. The van der Waals surface area contributed by atoms with Crippen molar-refractivity contribution < 1.29 is 5.73 Å². The number of hydrogen-bond acceptors (Lipinski definition) is 1. The normalized spacial score (nSPS) is 11.1. The second-order valence-corrected chi connectivity index (χ2v) is 3.89. The van der Waals surface area contributed by atoms with E-state index in [1.165, 1.54) is 24.2 Å². The van der Waals surface area contributed by atoms with E-state index in [-0.39, 0.29) is 0 Å². The van der Waals surface area contributed by atoms with Crippen molar-refractivity contribution in [3.8, 4) is 0 Å². The van der Waals surface area contributed by atoms with E-state index in [0.717, 1.165) is 18.5 Å². The summed E-state index contributed by atoms with van der Waals surface area (Å²) in [6.45, 7) is 1.02. The maximum Gasteiger partial charge on any atom is 0.109 e. The lowest BCUT2D eigenvalue weighted by atomic mass is 10.2. The minimum Gasteiger partial charge on any atom is -0.358 e. The number of quaternary nitrogens is 1. The molecule has 0 aliphatic carbocycles. The molecule has 3 nitrogen and oxygen atoms in total. The van der Waals surface area contributed by atoms with Gasteiger partial charge in [-0.2, -0.15) is 0 Å². The first-order valence-electron chi connectivity index (χ1n) is 5.52. The predicted octanol–water partition coefficient (Wildman–Crippen LogP) is 1.14. The Labute approximate surface area is 89.9 Å². The number of imidazole rings is 1. The molecule has 0 aliphatic heterocycles. The Bertz CT molecular complexity index is 445. The summed E-state index contributed by atoms with van der Waals surface area (Å²) in [5, 5.41) is 0. The van der Waals surface area contributed by atoms with Crippen LogP contribution in [0.25, 0.3) is 11.0 Å². The summed E-state index contributed by atoms with van der Waals surface area (Å²) in [5.41, 5.74) is 6.18. The SMILES string of the molecule is Cn1c(CCCC[NH3+])nc2ccccc21. The summed E-state index contributed by atoms with van der Waals surface area (Å²) < 4.78 is 2.19. The van der Waals surface area contributed by atoms with Gasteiger partial charge in [-0.3, -0.25) is 0 Å². The summed E-state index contributed by atoms with van der Waals surface area (Å²) in [6.07, 6.45) is 3.42. The molecule has 0 radical (unpaired) electrons. The first-order valence-corrected chi connectivity index (χ1v) is 5.52. The van der Waals surface area contributed by atoms with Gasteiger partial charge in [0.15, 0.2) is 0 Å². The number of fused-ring (bicyclic) bond motifs is 1. The molecule has 0 spiro atoms. The fourth-order valence-electron chi connectivity index (χ4n) is 1.88. The van der Waals surface area contributed by atoms with Gasteiger partial charge in [0.25, 0.3) is 0 Å². The van der Waals surface area contributed by atoms with Gasteiger partial charge in [0.05, 0.1) is 17.6 Å². The fraction of sp³-hybridized carbons (Fsp3) is 0.417. The molecule has 80 valence electrons. The van der Waals surface area contributed by atoms with Crippen LogP contribution < -0.4 is 5.73 Å². The Morgan fingerprint density at radius 3 is 2.80 bits per heavy atom. The quantitative estimate of drug-likeness (QED) is 0.746. The van der Waals surface area contributed by atoms with Crippen molar-refractivity contribution in [2.45, 2.75) is 19.3 Å². The van der Waals surface area contributed by atoms with Crippen LogP contribution in [-0.4, -0.2) is 16.1 Å². The van der Waals surface area contributed by atoms with Gasteiger partial charge in [0.1, 0.15) is 5.82 Å². The van der Waals surface area contributed by atoms with E-state index >= 15 is 0 Å². The average molecular weight is 204 g/mol. The second-order valence-electron chi connectivity index (χ2n) is 3.89. The number of unbranched alkanes of at least 4 members (excludes halogenated alkanes) is 1. The Morgan fingerprint density at radius 1 is 1.27 bits per heavy atom. The molecule has 1 aromatic carbocycles. The highest BCUT2D eigenvalue weighted by molar-refractivity contribution is 5.75. The van der Waals surface area contributed by atoms with Crippen molar-refractivity contribution in [3.05, 3.63) is 30.1 Å². The van der Waals surface area contributed by atoms with Gasteiger partial charge in [0.2, 0.25) is 0 Å². The minimum absolute atomic E-state index is 1.02. The zero-order valence-electron chi connectivity index (χ0n) is 9.24. The molecule has 0 saturated carbocycles. The molecule has 0 saturated heterocycles. The number of rotatable bonds is 4. The van der Waals surface area contributed by atoms with E-state index in [1.807, 2.05) is 6.07 Å². The van der Waals surface area contributed by atoms with Crippen LogP contribution in [0.3, 0.4) is 0 Å². The molecular weight excluding hydrogens is 186 g/mol. The van der Waals surface area contributed by atoms with Crippen molar-refractivity contribution in [1.29, 1.82) is 0 Å². The first-order chi connectivity index (χ1) is 7.33. The molecule has 0 unspecified atom stereocenters. The van der Waals surface area contributed by atoms with E-state index in [0.29, 0.717) is 0 Å². The Balaban J connectivity index is 2.24. The predicted molar refractivity (Wildman–Crippen MR) is 61.4 cm³/mol. The third-order valence-electron chi connectivity index (χ3n) is 2.78. The number of hydrogen-bond donors (Lipinski definition) is 1. The molecule has 1 aromatic heterocycles. The molecule has 0 bridgehead atoms. The number of aryl methyl sites for hydroxylation is 2. The van der Waals surface area contributed by atoms with Crippen LogP contribution in [0.1, 0.15) is 18.7 Å². The zero-order chi connectivity index (χ0) is 10.7. The lowest BCUT2D eigenvalue weighted by Crippen LogP contribution is -2.50. The van der Waals surface area contributed by atoms with Crippen LogP contribution in [0.15, 0.2) is 24.3 Å². The van der Waals surface area contributed by atoms with Crippen molar-refractivity contribution in [2.24, 2.45) is 7.05 Å². The van der Waals surface area contributed by atoms with Gasteiger partial charge in [-0.15, -0.1) is 0 Å². The second kappa shape index (κ2) is 4.45. The monoisotopic (exact) mass is 204 g/mol. The van der Waals surface area contributed by atoms with Crippen molar-refractivity contribution in [2.75, 3.05) is 6.54 Å². The molecule has 0 aliphatic rings. The molecule has 2 rings (SSSR count). The molecular formula is C12H18N3+. The molecule has 15 heavy (non-hydrogen) atoms. The highest BCUT2D eigenvalue weighted by Crippen LogP contribution is 2.15. The molecule has 0 fully saturated rings. The summed E-state index contributed by atoms with van der Waals surface area (Å²) in [6, 6.07) is 8.28. The van der Waals surface area contributed by atoms with Crippen LogP contribution in [0, 0.1) is 0 Å². The summed E-state index contributed by atoms with van der Waals surface area (Å²) in [5.74, 6) is 1.18.